The Morgan fingerprint density at radius 1 is 1.06 bits per heavy atom. The number of nitrogens with zero attached hydrogens (tertiary/aromatic N) is 1. The lowest BCUT2D eigenvalue weighted by molar-refractivity contribution is -0.137. The second-order valence-corrected chi connectivity index (χ2v) is 9.55. The quantitative estimate of drug-likeness (QED) is 0.353. The van der Waals surface area contributed by atoms with E-state index in [4.69, 9.17) is 10.3 Å². The summed E-state index contributed by atoms with van der Waals surface area (Å²) in [7, 11) is -2.46. The van der Waals surface area contributed by atoms with E-state index in [2.05, 4.69) is 42.8 Å². The predicted molar refractivity (Wildman–Crippen MR) is 119 cm³/mol. The van der Waals surface area contributed by atoms with Crippen LogP contribution in [0.2, 0.25) is 0 Å². The van der Waals surface area contributed by atoms with Crippen molar-refractivity contribution in [2.45, 2.75) is 56.0 Å². The number of hydrogen-bond donors (Lipinski definition) is 2. The van der Waals surface area contributed by atoms with Gasteiger partial charge < -0.3 is 10.3 Å². The summed E-state index contributed by atoms with van der Waals surface area (Å²) in [4.78, 5) is -0.843. The Bertz CT molecular complexity index is 1210. The summed E-state index contributed by atoms with van der Waals surface area (Å²) >= 11 is 0. The second kappa shape index (κ2) is 9.15. The molecule has 4 rings (SSSR count). The molecule has 0 amide bonds. The minimum absolute atomic E-state index is 0.282. The molecule has 0 bridgehead atoms. The molecule has 1 heterocycles. The molecule has 1 aliphatic rings. The minimum Gasteiger partial charge on any atom is -0.398 e. The van der Waals surface area contributed by atoms with Crippen LogP contribution in [0.25, 0.3) is 10.9 Å². The van der Waals surface area contributed by atoms with E-state index < -0.39 is 32.4 Å². The Balaban J connectivity index is 0.000000183. The monoisotopic (exact) mass is 468 g/mol. The third-order valence-corrected chi connectivity index (χ3v) is 6.94. The lowest BCUT2D eigenvalue weighted by Crippen LogP contribution is -2.10. The van der Waals surface area contributed by atoms with Crippen molar-refractivity contribution in [1.29, 1.82) is 0 Å². The smallest absolute Gasteiger partial charge is 0.398 e. The molecule has 3 aromatic rings. The largest absolute Gasteiger partial charge is 0.418 e. The summed E-state index contributed by atoms with van der Waals surface area (Å²) in [6, 6.07) is 10.7. The third kappa shape index (κ3) is 5.10. The highest BCUT2D eigenvalue weighted by atomic mass is 32.2. The number of benzene rings is 2. The molecule has 0 saturated heterocycles. The van der Waals surface area contributed by atoms with Gasteiger partial charge in [0.2, 0.25) is 0 Å². The van der Waals surface area contributed by atoms with Gasteiger partial charge in [0, 0.05) is 29.3 Å². The number of hydrogen-bond acceptors (Lipinski definition) is 3. The molecule has 3 N–H and O–H groups in total. The van der Waals surface area contributed by atoms with Gasteiger partial charge in [0.05, 0.1) is 10.5 Å². The average Bonchev–Trinajstić information content (AvgIpc) is 2.98. The topological polar surface area (TPSA) is 85.3 Å². The molecule has 9 heteroatoms. The van der Waals surface area contributed by atoms with Gasteiger partial charge in [0.1, 0.15) is 0 Å². The fourth-order valence-corrected chi connectivity index (χ4v) is 4.90. The van der Waals surface area contributed by atoms with E-state index in [1.807, 2.05) is 0 Å². The summed E-state index contributed by atoms with van der Waals surface area (Å²) in [5, 5.41) is 1.49. The van der Waals surface area contributed by atoms with E-state index in [1.165, 1.54) is 48.7 Å². The fourth-order valence-electron chi connectivity index (χ4n) is 4.40. The molecule has 1 aliphatic carbocycles. The van der Waals surface area contributed by atoms with Crippen LogP contribution in [-0.2, 0) is 23.3 Å². The van der Waals surface area contributed by atoms with Gasteiger partial charge in [-0.05, 0) is 55.5 Å². The van der Waals surface area contributed by atoms with Gasteiger partial charge in [-0.3, -0.25) is 4.55 Å². The van der Waals surface area contributed by atoms with Crippen molar-refractivity contribution in [2.75, 3.05) is 5.73 Å². The van der Waals surface area contributed by atoms with Gasteiger partial charge in [-0.2, -0.15) is 21.6 Å². The summed E-state index contributed by atoms with van der Waals surface area (Å²) in [6.07, 6.45) is 2.26. The standard InChI is InChI=1S/C16H21N.C7H6F3NO3S/c1-12-16(13-8-4-3-5-9-13)14-10-6-7-11-15(14)17(12)2;8-7(9,10)5-3-4(15(12,13)14)1-2-6(5)11/h6-7,10-11,13H,3-5,8-9H2,1-2H3;1-3H,11H2,(H,12,13,14). The maximum Gasteiger partial charge on any atom is 0.418 e. The van der Waals surface area contributed by atoms with E-state index in [0.717, 1.165) is 18.1 Å². The number of anilines is 1. The van der Waals surface area contributed by atoms with Gasteiger partial charge in [-0.15, -0.1) is 0 Å². The number of fused-ring (bicyclic) bond motifs is 1. The molecule has 1 fully saturated rings. The SMILES string of the molecule is Cc1c(C2CCCCC2)c2ccccc2n1C.Nc1ccc(S(=O)(=O)O)cc1C(F)(F)F. The molecular weight excluding hydrogens is 441 g/mol. The summed E-state index contributed by atoms with van der Waals surface area (Å²) in [5.41, 5.74) is 7.62. The fraction of sp³-hybridized carbons (Fsp3) is 0.391. The van der Waals surface area contributed by atoms with Crippen molar-refractivity contribution in [3.63, 3.8) is 0 Å². The first-order chi connectivity index (χ1) is 14.9. The van der Waals surface area contributed by atoms with Crippen molar-refractivity contribution < 1.29 is 26.1 Å². The molecule has 0 unspecified atom stereocenters. The van der Waals surface area contributed by atoms with Crippen LogP contribution >= 0.6 is 0 Å². The van der Waals surface area contributed by atoms with Crippen molar-refractivity contribution >= 4 is 26.7 Å². The van der Waals surface area contributed by atoms with Crippen molar-refractivity contribution in [1.82, 2.24) is 4.57 Å². The maximum absolute atomic E-state index is 12.3. The number of aryl methyl sites for hydroxylation is 1. The zero-order chi connectivity index (χ0) is 23.7. The van der Waals surface area contributed by atoms with Crippen molar-refractivity contribution in [3.8, 4) is 0 Å². The average molecular weight is 469 g/mol. The first-order valence-corrected chi connectivity index (χ1v) is 11.8. The number of alkyl halides is 3. The number of rotatable bonds is 2. The van der Waals surface area contributed by atoms with E-state index in [0.29, 0.717) is 0 Å². The molecular formula is C23H27F3N2O3S. The predicted octanol–water partition coefficient (Wildman–Crippen LogP) is 6.07. The number of nitrogens with two attached hydrogens (primary N) is 1. The minimum atomic E-state index is -4.76. The van der Waals surface area contributed by atoms with Crippen LogP contribution in [-0.4, -0.2) is 17.5 Å². The molecule has 174 valence electrons. The van der Waals surface area contributed by atoms with Crippen LogP contribution in [0.15, 0.2) is 47.4 Å². The highest BCUT2D eigenvalue weighted by Crippen LogP contribution is 2.39. The Labute approximate surface area is 185 Å². The van der Waals surface area contributed by atoms with Crippen LogP contribution in [0.3, 0.4) is 0 Å². The molecule has 0 aliphatic heterocycles. The van der Waals surface area contributed by atoms with Crippen LogP contribution in [0.1, 0.15) is 54.8 Å². The summed E-state index contributed by atoms with van der Waals surface area (Å²) in [5.74, 6) is 0.801. The Kier molecular flexibility index (Phi) is 6.90. The first-order valence-electron chi connectivity index (χ1n) is 10.4. The molecule has 1 saturated carbocycles. The Morgan fingerprint density at radius 2 is 1.69 bits per heavy atom. The lowest BCUT2D eigenvalue weighted by Gasteiger charge is -2.22. The molecule has 1 aromatic heterocycles. The number of para-hydroxylation sites is 1. The number of halogens is 3. The number of nitrogen functional groups attached to an aromatic ring is 1. The van der Waals surface area contributed by atoms with Gasteiger partial charge >= 0.3 is 6.18 Å². The molecule has 0 radical (unpaired) electrons. The van der Waals surface area contributed by atoms with E-state index >= 15 is 0 Å². The second-order valence-electron chi connectivity index (χ2n) is 8.13. The van der Waals surface area contributed by atoms with Gasteiger partial charge in [0.15, 0.2) is 0 Å². The van der Waals surface area contributed by atoms with E-state index in [-0.39, 0.29) is 6.07 Å². The highest BCUT2D eigenvalue weighted by Gasteiger charge is 2.34. The maximum atomic E-state index is 12.3. The third-order valence-electron chi connectivity index (χ3n) is 6.09. The van der Waals surface area contributed by atoms with E-state index in [9.17, 15) is 21.6 Å². The number of aromatic nitrogens is 1. The first kappa shape index (κ1) is 24.1. The van der Waals surface area contributed by atoms with Gasteiger partial charge in [-0.1, -0.05) is 37.5 Å². The highest BCUT2D eigenvalue weighted by molar-refractivity contribution is 7.85. The van der Waals surface area contributed by atoms with Crippen LogP contribution in [0.5, 0.6) is 0 Å². The van der Waals surface area contributed by atoms with Crippen molar-refractivity contribution in [2.24, 2.45) is 7.05 Å². The molecule has 5 nitrogen and oxygen atoms in total. The van der Waals surface area contributed by atoms with E-state index in [1.54, 1.807) is 5.56 Å². The van der Waals surface area contributed by atoms with Gasteiger partial charge in [-0.25, -0.2) is 0 Å². The lowest BCUT2D eigenvalue weighted by atomic mass is 9.83. The Morgan fingerprint density at radius 3 is 2.28 bits per heavy atom. The molecule has 32 heavy (non-hydrogen) atoms. The molecule has 0 spiro atoms. The summed E-state index contributed by atoms with van der Waals surface area (Å²) in [6.45, 7) is 2.28. The van der Waals surface area contributed by atoms with Crippen LogP contribution in [0.4, 0.5) is 18.9 Å². The molecule has 2 aromatic carbocycles. The zero-order valence-corrected chi connectivity index (χ0v) is 18.8. The summed E-state index contributed by atoms with van der Waals surface area (Å²) < 4.78 is 68.8. The molecule has 0 atom stereocenters. The Hall–Kier alpha value is -2.52. The normalized spacial score (nSPS) is 15.4. The van der Waals surface area contributed by atoms with Gasteiger partial charge in [0.25, 0.3) is 10.1 Å². The zero-order valence-electron chi connectivity index (χ0n) is 18.0. The van der Waals surface area contributed by atoms with Crippen LogP contribution in [0, 0.1) is 6.92 Å². The van der Waals surface area contributed by atoms with Crippen LogP contribution < -0.4 is 5.73 Å². The van der Waals surface area contributed by atoms with Crippen molar-refractivity contribution in [3.05, 3.63) is 59.3 Å².